The highest BCUT2D eigenvalue weighted by Crippen LogP contribution is 2.31. The lowest BCUT2D eigenvalue weighted by atomic mass is 10.2. The van der Waals surface area contributed by atoms with Crippen molar-refractivity contribution >= 4 is 33.4 Å². The van der Waals surface area contributed by atoms with Gasteiger partial charge < -0.3 is 9.32 Å². The largest absolute Gasteiger partial charge is 0.419 e. The van der Waals surface area contributed by atoms with Crippen molar-refractivity contribution in [3.05, 3.63) is 69.2 Å². The zero-order valence-electron chi connectivity index (χ0n) is 14.0. The van der Waals surface area contributed by atoms with E-state index in [1.807, 2.05) is 0 Å². The van der Waals surface area contributed by atoms with Gasteiger partial charge in [0, 0.05) is 26.7 Å². The summed E-state index contributed by atoms with van der Waals surface area (Å²) in [4.78, 5) is 14.5. The van der Waals surface area contributed by atoms with Crippen LogP contribution in [0.4, 0.5) is 4.39 Å². The number of halogens is 3. The summed E-state index contributed by atoms with van der Waals surface area (Å²) < 4.78 is 19.9. The van der Waals surface area contributed by atoms with Crippen molar-refractivity contribution in [2.75, 3.05) is 0 Å². The van der Waals surface area contributed by atoms with E-state index >= 15 is 0 Å². The first-order valence-electron chi connectivity index (χ1n) is 8.35. The number of nitrogens with zero attached hydrogens (tertiary/aromatic N) is 3. The molecule has 3 aromatic rings. The average molecular weight is 451 g/mol. The quantitative estimate of drug-likeness (QED) is 0.543. The monoisotopic (exact) mass is 449 g/mol. The third kappa shape index (κ3) is 4.20. The van der Waals surface area contributed by atoms with Crippen LogP contribution in [-0.4, -0.2) is 27.0 Å². The Morgan fingerprint density at radius 1 is 1.22 bits per heavy atom. The summed E-state index contributed by atoms with van der Waals surface area (Å²) in [5, 5.41) is 8.71. The summed E-state index contributed by atoms with van der Waals surface area (Å²) in [7, 11) is 0. The SMILES string of the molecule is O=C(c1cc(F)cc(Br)c1)N(Cc1nnc(-c2ccc(Cl)cc2)o1)C1CC1. The third-order valence-corrected chi connectivity index (χ3v) is 4.93. The second-order valence-electron chi connectivity index (χ2n) is 6.33. The van der Waals surface area contributed by atoms with Crippen LogP contribution in [0, 0.1) is 5.82 Å². The lowest BCUT2D eigenvalue weighted by molar-refractivity contribution is 0.0714. The molecule has 0 saturated heterocycles. The maximum Gasteiger partial charge on any atom is 0.254 e. The summed E-state index contributed by atoms with van der Waals surface area (Å²) >= 11 is 9.11. The molecule has 1 heterocycles. The van der Waals surface area contributed by atoms with E-state index in [2.05, 4.69) is 26.1 Å². The summed E-state index contributed by atoms with van der Waals surface area (Å²) in [6.45, 7) is 0.179. The van der Waals surface area contributed by atoms with Crippen LogP contribution in [0.5, 0.6) is 0 Å². The molecular weight excluding hydrogens is 437 g/mol. The minimum Gasteiger partial charge on any atom is -0.419 e. The van der Waals surface area contributed by atoms with Gasteiger partial charge in [0.2, 0.25) is 11.8 Å². The second kappa shape index (κ2) is 7.40. The Labute approximate surface area is 168 Å². The number of aromatic nitrogens is 2. The van der Waals surface area contributed by atoms with Crippen LogP contribution in [0.1, 0.15) is 29.1 Å². The Hall–Kier alpha value is -2.25. The van der Waals surface area contributed by atoms with E-state index in [0.717, 1.165) is 18.4 Å². The van der Waals surface area contributed by atoms with Gasteiger partial charge in [-0.3, -0.25) is 4.79 Å². The zero-order valence-corrected chi connectivity index (χ0v) is 16.4. The molecule has 2 aromatic carbocycles. The van der Waals surface area contributed by atoms with E-state index in [9.17, 15) is 9.18 Å². The van der Waals surface area contributed by atoms with Gasteiger partial charge >= 0.3 is 0 Å². The molecule has 1 amide bonds. The van der Waals surface area contributed by atoms with Crippen molar-refractivity contribution in [2.45, 2.75) is 25.4 Å². The molecule has 0 unspecified atom stereocenters. The third-order valence-electron chi connectivity index (χ3n) is 4.22. The Morgan fingerprint density at radius 2 is 1.96 bits per heavy atom. The fraction of sp³-hybridized carbons (Fsp3) is 0.211. The molecule has 1 aromatic heterocycles. The molecule has 5 nitrogen and oxygen atoms in total. The number of carbonyl (C=O) groups excluding carboxylic acids is 1. The van der Waals surface area contributed by atoms with Gasteiger partial charge in [0.1, 0.15) is 5.82 Å². The highest BCUT2D eigenvalue weighted by molar-refractivity contribution is 9.10. The van der Waals surface area contributed by atoms with E-state index in [-0.39, 0.29) is 24.1 Å². The molecule has 0 N–H and O–H groups in total. The maximum absolute atomic E-state index is 13.7. The van der Waals surface area contributed by atoms with Crippen molar-refractivity contribution in [3.63, 3.8) is 0 Å². The lowest BCUT2D eigenvalue weighted by Gasteiger charge is -2.20. The minimum absolute atomic E-state index is 0.102. The van der Waals surface area contributed by atoms with Crippen LogP contribution in [0.15, 0.2) is 51.4 Å². The first-order chi connectivity index (χ1) is 13.0. The van der Waals surface area contributed by atoms with Gasteiger partial charge in [-0.2, -0.15) is 0 Å². The van der Waals surface area contributed by atoms with Crippen LogP contribution in [0.25, 0.3) is 11.5 Å². The molecule has 1 aliphatic carbocycles. The molecule has 1 aliphatic rings. The van der Waals surface area contributed by atoms with Crippen molar-refractivity contribution in [3.8, 4) is 11.5 Å². The van der Waals surface area contributed by atoms with Gasteiger partial charge in [-0.1, -0.05) is 27.5 Å². The predicted octanol–water partition coefficient (Wildman–Crippen LogP) is 5.10. The predicted molar refractivity (Wildman–Crippen MR) is 102 cm³/mol. The molecule has 4 rings (SSSR count). The number of rotatable bonds is 5. The number of hydrogen-bond donors (Lipinski definition) is 0. The number of hydrogen-bond acceptors (Lipinski definition) is 4. The minimum atomic E-state index is -0.466. The molecule has 1 fully saturated rings. The van der Waals surface area contributed by atoms with Gasteiger partial charge in [0.25, 0.3) is 5.91 Å². The van der Waals surface area contributed by atoms with Crippen LogP contribution < -0.4 is 0 Å². The van der Waals surface area contributed by atoms with Crippen LogP contribution in [-0.2, 0) is 6.54 Å². The average Bonchev–Trinajstić information content (AvgIpc) is 3.37. The summed E-state index contributed by atoms with van der Waals surface area (Å²) in [6.07, 6.45) is 1.81. The Kier molecular flexibility index (Phi) is 4.97. The van der Waals surface area contributed by atoms with Gasteiger partial charge in [0.15, 0.2) is 0 Å². The molecule has 138 valence electrons. The Morgan fingerprint density at radius 3 is 2.63 bits per heavy atom. The zero-order chi connectivity index (χ0) is 19.0. The van der Waals surface area contributed by atoms with E-state index < -0.39 is 5.82 Å². The van der Waals surface area contributed by atoms with E-state index in [4.69, 9.17) is 16.0 Å². The Bertz CT molecular complexity index is 969. The Balaban J connectivity index is 1.55. The second-order valence-corrected chi connectivity index (χ2v) is 7.68. The number of amides is 1. The maximum atomic E-state index is 13.7. The van der Waals surface area contributed by atoms with E-state index in [1.165, 1.54) is 12.1 Å². The normalized spacial score (nSPS) is 13.6. The fourth-order valence-electron chi connectivity index (χ4n) is 2.77. The highest BCUT2D eigenvalue weighted by atomic mass is 79.9. The molecule has 1 saturated carbocycles. The first-order valence-corrected chi connectivity index (χ1v) is 9.52. The molecular formula is C19H14BrClFN3O2. The summed E-state index contributed by atoms with van der Waals surface area (Å²) in [6, 6.07) is 11.3. The van der Waals surface area contributed by atoms with Crippen molar-refractivity contribution in [1.29, 1.82) is 0 Å². The van der Waals surface area contributed by atoms with Crippen molar-refractivity contribution in [1.82, 2.24) is 15.1 Å². The number of carbonyl (C=O) groups is 1. The van der Waals surface area contributed by atoms with Crippen LogP contribution >= 0.6 is 27.5 Å². The molecule has 8 heteroatoms. The topological polar surface area (TPSA) is 59.2 Å². The van der Waals surface area contributed by atoms with Crippen molar-refractivity contribution in [2.24, 2.45) is 0 Å². The molecule has 0 spiro atoms. The fourth-order valence-corrected chi connectivity index (χ4v) is 3.36. The van der Waals surface area contributed by atoms with Gasteiger partial charge in [-0.05, 0) is 55.3 Å². The van der Waals surface area contributed by atoms with E-state index in [1.54, 1.807) is 35.2 Å². The molecule has 0 aliphatic heterocycles. The standard InChI is InChI=1S/C19H14BrClFN3O2/c20-13-7-12(8-15(22)9-13)19(26)25(16-5-6-16)10-17-23-24-18(27-17)11-1-3-14(21)4-2-11/h1-4,7-9,16H,5-6,10H2. The van der Waals surface area contributed by atoms with Crippen LogP contribution in [0.3, 0.4) is 0 Å². The summed E-state index contributed by atoms with van der Waals surface area (Å²) in [5.74, 6) is -0.0377. The molecule has 0 bridgehead atoms. The van der Waals surface area contributed by atoms with Crippen molar-refractivity contribution < 1.29 is 13.6 Å². The van der Waals surface area contributed by atoms with Gasteiger partial charge in [0.05, 0.1) is 6.54 Å². The molecule has 27 heavy (non-hydrogen) atoms. The lowest BCUT2D eigenvalue weighted by Crippen LogP contribution is -2.32. The molecule has 0 radical (unpaired) electrons. The van der Waals surface area contributed by atoms with E-state index in [0.29, 0.717) is 21.3 Å². The smallest absolute Gasteiger partial charge is 0.254 e. The highest BCUT2D eigenvalue weighted by Gasteiger charge is 2.34. The number of benzene rings is 2. The van der Waals surface area contributed by atoms with Gasteiger partial charge in [-0.25, -0.2) is 4.39 Å². The van der Waals surface area contributed by atoms with Gasteiger partial charge in [-0.15, -0.1) is 10.2 Å². The molecule has 0 atom stereocenters. The first kappa shape index (κ1) is 18.1. The van der Waals surface area contributed by atoms with Crippen LogP contribution in [0.2, 0.25) is 5.02 Å². The summed E-state index contributed by atoms with van der Waals surface area (Å²) in [5.41, 5.74) is 1.03.